The van der Waals surface area contributed by atoms with Gasteiger partial charge in [-0.1, -0.05) is 13.3 Å². The molecule has 0 rings (SSSR count). The molecule has 0 radical (unpaired) electrons. The minimum absolute atomic E-state index is 0.0257. The minimum Gasteiger partial charge on any atom is -0.395 e. The van der Waals surface area contributed by atoms with Crippen molar-refractivity contribution in [1.82, 2.24) is 5.32 Å². The number of aliphatic hydroxyl groups is 1. The van der Waals surface area contributed by atoms with Crippen LogP contribution in [0.1, 0.15) is 26.2 Å². The number of aliphatic hydroxyl groups excluding tert-OH is 1. The fraction of sp³-hybridized carbons (Fsp3) is 0.857. The maximum atomic E-state index is 10.7. The first-order valence-corrected chi connectivity index (χ1v) is 3.68. The largest absolute Gasteiger partial charge is 0.395 e. The summed E-state index contributed by atoms with van der Waals surface area (Å²) in [6.45, 7) is 2.44. The van der Waals surface area contributed by atoms with Crippen LogP contribution >= 0.6 is 0 Å². The molecule has 0 aromatic heterocycles. The molecule has 2 N–H and O–H groups in total. The summed E-state index contributed by atoms with van der Waals surface area (Å²) in [5.41, 5.74) is 0. The van der Waals surface area contributed by atoms with E-state index in [9.17, 15) is 4.79 Å². The molecular weight excluding hydrogens is 130 g/mol. The van der Waals surface area contributed by atoms with Gasteiger partial charge >= 0.3 is 0 Å². The fourth-order valence-corrected chi connectivity index (χ4v) is 0.621. The van der Waals surface area contributed by atoms with E-state index in [0.29, 0.717) is 13.0 Å². The predicted octanol–water partition coefficient (Wildman–Crippen LogP) is 0.285. The zero-order valence-corrected chi connectivity index (χ0v) is 6.39. The smallest absolute Gasteiger partial charge is 0.220 e. The molecule has 0 aliphatic carbocycles. The highest BCUT2D eigenvalue weighted by molar-refractivity contribution is 5.75. The molecule has 3 nitrogen and oxygen atoms in total. The van der Waals surface area contributed by atoms with Gasteiger partial charge in [0, 0.05) is 13.0 Å². The van der Waals surface area contributed by atoms with Gasteiger partial charge in [0.25, 0.3) is 0 Å². The highest BCUT2D eigenvalue weighted by Gasteiger charge is 1.96. The molecule has 1 amide bonds. The van der Waals surface area contributed by atoms with Crippen LogP contribution < -0.4 is 5.32 Å². The van der Waals surface area contributed by atoms with Gasteiger partial charge in [-0.15, -0.1) is 0 Å². The lowest BCUT2D eigenvalue weighted by atomic mass is 10.2. The van der Waals surface area contributed by atoms with Crippen LogP contribution in [-0.4, -0.2) is 24.2 Å². The molecular formula is C7H15NO2. The van der Waals surface area contributed by atoms with Crippen LogP contribution in [0.3, 0.4) is 0 Å². The first kappa shape index (κ1) is 9.43. The Morgan fingerprint density at radius 1 is 1.60 bits per heavy atom. The van der Waals surface area contributed by atoms with Crippen LogP contribution in [0.5, 0.6) is 0 Å². The zero-order chi connectivity index (χ0) is 7.82. The van der Waals surface area contributed by atoms with Crippen molar-refractivity contribution in [2.75, 3.05) is 13.2 Å². The summed E-state index contributed by atoms with van der Waals surface area (Å²) in [6.07, 6.45) is 2.54. The third kappa shape index (κ3) is 5.56. The molecule has 0 aromatic rings. The molecule has 0 heterocycles. The predicted molar refractivity (Wildman–Crippen MR) is 39.6 cm³/mol. The van der Waals surface area contributed by atoms with Crippen LogP contribution in [0.25, 0.3) is 0 Å². The Labute approximate surface area is 61.4 Å². The number of nitrogens with one attached hydrogen (secondary N) is 1. The lowest BCUT2D eigenvalue weighted by Crippen LogP contribution is -2.25. The van der Waals surface area contributed by atoms with Gasteiger partial charge in [0.1, 0.15) is 0 Å². The number of carbonyl (C=O) groups is 1. The van der Waals surface area contributed by atoms with Crippen molar-refractivity contribution >= 4 is 5.91 Å². The first-order valence-electron chi connectivity index (χ1n) is 3.68. The van der Waals surface area contributed by atoms with Crippen LogP contribution in [-0.2, 0) is 4.79 Å². The molecule has 0 aliphatic heterocycles. The van der Waals surface area contributed by atoms with Crippen LogP contribution in [0.2, 0.25) is 0 Å². The Morgan fingerprint density at radius 3 is 2.80 bits per heavy atom. The van der Waals surface area contributed by atoms with Crippen molar-refractivity contribution in [3.63, 3.8) is 0 Å². The SMILES string of the molecule is CCCCC(=O)NCCO. The zero-order valence-electron chi connectivity index (χ0n) is 6.39. The van der Waals surface area contributed by atoms with Gasteiger partial charge in [-0.05, 0) is 6.42 Å². The minimum atomic E-state index is 0.0257. The molecule has 0 saturated carbocycles. The standard InChI is InChI=1S/C7H15NO2/c1-2-3-4-7(10)8-5-6-9/h9H,2-6H2,1H3,(H,8,10). The highest BCUT2D eigenvalue weighted by atomic mass is 16.3. The van der Waals surface area contributed by atoms with Crippen LogP contribution in [0.4, 0.5) is 0 Å². The summed E-state index contributed by atoms with van der Waals surface area (Å²) in [5, 5.41) is 10.9. The maximum Gasteiger partial charge on any atom is 0.220 e. The monoisotopic (exact) mass is 145 g/mol. The Balaban J connectivity index is 3.09. The van der Waals surface area contributed by atoms with Gasteiger partial charge in [0.15, 0.2) is 0 Å². The summed E-state index contributed by atoms with van der Waals surface area (Å²) in [7, 11) is 0. The number of carbonyl (C=O) groups excluding carboxylic acids is 1. The van der Waals surface area contributed by atoms with E-state index in [4.69, 9.17) is 5.11 Å². The van der Waals surface area contributed by atoms with Gasteiger partial charge in [-0.2, -0.15) is 0 Å². The van der Waals surface area contributed by atoms with Crippen molar-refractivity contribution in [3.8, 4) is 0 Å². The number of amides is 1. The normalized spacial score (nSPS) is 9.40. The van der Waals surface area contributed by atoms with E-state index in [1.165, 1.54) is 0 Å². The number of unbranched alkanes of at least 4 members (excludes halogenated alkanes) is 1. The Hall–Kier alpha value is -0.570. The molecule has 10 heavy (non-hydrogen) atoms. The number of hydrogen-bond acceptors (Lipinski definition) is 2. The third-order valence-corrected chi connectivity index (χ3v) is 1.19. The summed E-state index contributed by atoms with van der Waals surface area (Å²) in [4.78, 5) is 10.7. The van der Waals surface area contributed by atoms with Gasteiger partial charge < -0.3 is 10.4 Å². The van der Waals surface area contributed by atoms with Crippen molar-refractivity contribution in [1.29, 1.82) is 0 Å². The topological polar surface area (TPSA) is 49.3 Å². The van der Waals surface area contributed by atoms with Crippen molar-refractivity contribution in [2.24, 2.45) is 0 Å². The summed E-state index contributed by atoms with van der Waals surface area (Å²) in [6, 6.07) is 0. The molecule has 0 aliphatic rings. The fourth-order valence-electron chi connectivity index (χ4n) is 0.621. The van der Waals surface area contributed by atoms with E-state index in [1.807, 2.05) is 6.92 Å². The first-order chi connectivity index (χ1) is 4.81. The molecule has 0 spiro atoms. The van der Waals surface area contributed by atoms with E-state index >= 15 is 0 Å². The molecule has 0 saturated heterocycles. The third-order valence-electron chi connectivity index (χ3n) is 1.19. The van der Waals surface area contributed by atoms with Gasteiger partial charge in [-0.25, -0.2) is 0 Å². The van der Waals surface area contributed by atoms with Crippen LogP contribution in [0, 0.1) is 0 Å². The molecule has 0 aromatic carbocycles. The van der Waals surface area contributed by atoms with Gasteiger partial charge in [-0.3, -0.25) is 4.79 Å². The second kappa shape index (κ2) is 6.55. The van der Waals surface area contributed by atoms with E-state index in [0.717, 1.165) is 12.8 Å². The Kier molecular flexibility index (Phi) is 6.18. The van der Waals surface area contributed by atoms with E-state index in [2.05, 4.69) is 5.32 Å². The van der Waals surface area contributed by atoms with Gasteiger partial charge in [0.05, 0.1) is 6.61 Å². The summed E-state index contributed by atoms with van der Waals surface area (Å²) >= 11 is 0. The highest BCUT2D eigenvalue weighted by Crippen LogP contribution is 1.91. The molecule has 0 fully saturated rings. The lowest BCUT2D eigenvalue weighted by molar-refractivity contribution is -0.121. The molecule has 0 unspecified atom stereocenters. The average molecular weight is 145 g/mol. The van der Waals surface area contributed by atoms with Gasteiger partial charge in [0.2, 0.25) is 5.91 Å². The van der Waals surface area contributed by atoms with Crippen LogP contribution in [0.15, 0.2) is 0 Å². The van der Waals surface area contributed by atoms with Crippen molar-refractivity contribution in [2.45, 2.75) is 26.2 Å². The molecule has 60 valence electrons. The average Bonchev–Trinajstić information content (AvgIpc) is 1.97. The Bertz CT molecular complexity index is 83.6. The number of rotatable bonds is 5. The second-order valence-corrected chi connectivity index (χ2v) is 2.18. The maximum absolute atomic E-state index is 10.7. The quantitative estimate of drug-likeness (QED) is 0.584. The molecule has 0 bridgehead atoms. The molecule has 3 heteroatoms. The molecule has 0 atom stereocenters. The summed E-state index contributed by atoms with van der Waals surface area (Å²) in [5.74, 6) is 0.0379. The van der Waals surface area contributed by atoms with E-state index in [-0.39, 0.29) is 12.5 Å². The number of hydrogen-bond donors (Lipinski definition) is 2. The summed E-state index contributed by atoms with van der Waals surface area (Å²) < 4.78 is 0. The van der Waals surface area contributed by atoms with E-state index < -0.39 is 0 Å². The Morgan fingerprint density at radius 2 is 2.30 bits per heavy atom. The van der Waals surface area contributed by atoms with Crippen molar-refractivity contribution < 1.29 is 9.90 Å². The van der Waals surface area contributed by atoms with Crippen molar-refractivity contribution in [3.05, 3.63) is 0 Å². The second-order valence-electron chi connectivity index (χ2n) is 2.18. The lowest BCUT2D eigenvalue weighted by Gasteiger charge is -2.00. The van der Waals surface area contributed by atoms with E-state index in [1.54, 1.807) is 0 Å².